The van der Waals surface area contributed by atoms with Crippen LogP contribution in [0.3, 0.4) is 0 Å². The second kappa shape index (κ2) is 6.11. The summed E-state index contributed by atoms with van der Waals surface area (Å²) in [7, 11) is 1.20. The van der Waals surface area contributed by atoms with E-state index in [9.17, 15) is 14.0 Å². The number of benzene rings is 1. The van der Waals surface area contributed by atoms with Crippen LogP contribution in [0.1, 0.15) is 23.7 Å². The Morgan fingerprint density at radius 1 is 1.50 bits per heavy atom. The molecule has 0 heterocycles. The molecule has 0 fully saturated rings. The van der Waals surface area contributed by atoms with Gasteiger partial charge in [-0.25, -0.2) is 9.18 Å². The van der Waals surface area contributed by atoms with Gasteiger partial charge in [0.2, 0.25) is 5.91 Å². The molecule has 0 bridgehead atoms. The van der Waals surface area contributed by atoms with Gasteiger partial charge in [0.25, 0.3) is 0 Å². The maximum absolute atomic E-state index is 13.1. The van der Waals surface area contributed by atoms with E-state index in [0.29, 0.717) is 6.42 Å². The molecule has 0 spiro atoms. The lowest BCUT2D eigenvalue weighted by Gasteiger charge is -2.12. The number of nitrogens with two attached hydrogens (primary N) is 1. The van der Waals surface area contributed by atoms with Crippen LogP contribution < -0.4 is 11.1 Å². The van der Waals surface area contributed by atoms with Crippen molar-refractivity contribution in [2.24, 2.45) is 5.73 Å². The van der Waals surface area contributed by atoms with E-state index in [1.54, 1.807) is 6.92 Å². The molecule has 3 N–H and O–H groups in total. The number of nitrogens with one attached hydrogen (secondary N) is 1. The van der Waals surface area contributed by atoms with Crippen LogP contribution in [0.25, 0.3) is 0 Å². The number of ether oxygens (including phenoxy) is 1. The predicted molar refractivity (Wildman–Crippen MR) is 64.6 cm³/mol. The van der Waals surface area contributed by atoms with Gasteiger partial charge in [0.15, 0.2) is 0 Å². The summed E-state index contributed by atoms with van der Waals surface area (Å²) in [5, 5.41) is 2.41. The summed E-state index contributed by atoms with van der Waals surface area (Å²) in [5.41, 5.74) is 5.67. The monoisotopic (exact) mass is 254 g/mol. The Hall–Kier alpha value is -1.95. The number of esters is 1. The van der Waals surface area contributed by atoms with Gasteiger partial charge in [-0.3, -0.25) is 4.79 Å². The highest BCUT2D eigenvalue weighted by Gasteiger charge is 2.17. The molecule has 0 aliphatic heterocycles. The predicted octanol–water partition coefficient (Wildman–Crippen LogP) is 1.29. The van der Waals surface area contributed by atoms with E-state index in [4.69, 9.17) is 5.73 Å². The van der Waals surface area contributed by atoms with Crippen LogP contribution in [0, 0.1) is 5.82 Å². The molecule has 1 rings (SSSR count). The van der Waals surface area contributed by atoms with Crippen molar-refractivity contribution >= 4 is 17.6 Å². The quantitative estimate of drug-likeness (QED) is 0.793. The van der Waals surface area contributed by atoms with Crippen molar-refractivity contribution in [3.63, 3.8) is 0 Å². The third-order valence-electron chi connectivity index (χ3n) is 2.42. The van der Waals surface area contributed by atoms with Gasteiger partial charge in [0.05, 0.1) is 24.4 Å². The number of anilines is 1. The first-order valence-corrected chi connectivity index (χ1v) is 5.44. The van der Waals surface area contributed by atoms with Crippen molar-refractivity contribution in [2.75, 3.05) is 12.4 Å². The maximum atomic E-state index is 13.1. The SMILES string of the molecule is CCC(N)C(=O)Nc1cc(F)ccc1C(=O)OC. The number of carbonyl (C=O) groups excluding carboxylic acids is 2. The number of carbonyl (C=O) groups is 2. The number of hydrogen-bond donors (Lipinski definition) is 2. The van der Waals surface area contributed by atoms with Gasteiger partial charge in [-0.15, -0.1) is 0 Å². The highest BCUT2D eigenvalue weighted by Crippen LogP contribution is 2.18. The molecule has 0 radical (unpaired) electrons. The lowest BCUT2D eigenvalue weighted by molar-refractivity contribution is -0.117. The Balaban J connectivity index is 3.03. The zero-order valence-electron chi connectivity index (χ0n) is 10.2. The van der Waals surface area contributed by atoms with Crippen molar-refractivity contribution in [1.29, 1.82) is 0 Å². The van der Waals surface area contributed by atoms with Gasteiger partial charge >= 0.3 is 5.97 Å². The first kappa shape index (κ1) is 14.1. The number of methoxy groups -OCH3 is 1. The topological polar surface area (TPSA) is 81.4 Å². The fourth-order valence-electron chi connectivity index (χ4n) is 1.32. The van der Waals surface area contributed by atoms with E-state index in [1.807, 2.05) is 0 Å². The third kappa shape index (κ3) is 3.27. The summed E-state index contributed by atoms with van der Waals surface area (Å²) in [6, 6.07) is 2.70. The average molecular weight is 254 g/mol. The second-order valence-corrected chi connectivity index (χ2v) is 3.69. The standard InChI is InChI=1S/C12H15FN2O3/c1-3-9(14)11(16)15-10-6-7(13)4-5-8(10)12(17)18-2/h4-6,9H,3,14H2,1-2H3,(H,15,16). The molecule has 0 saturated carbocycles. The molecule has 1 amide bonds. The Bertz CT molecular complexity index is 463. The minimum Gasteiger partial charge on any atom is -0.465 e. The minimum absolute atomic E-state index is 0.0516. The number of hydrogen-bond acceptors (Lipinski definition) is 4. The highest BCUT2D eigenvalue weighted by molar-refractivity contribution is 6.02. The summed E-state index contributed by atoms with van der Waals surface area (Å²) in [5.74, 6) is -1.70. The van der Waals surface area contributed by atoms with Crippen molar-refractivity contribution in [3.05, 3.63) is 29.6 Å². The Morgan fingerprint density at radius 2 is 2.17 bits per heavy atom. The molecule has 18 heavy (non-hydrogen) atoms. The van der Waals surface area contributed by atoms with Gasteiger partial charge in [0.1, 0.15) is 5.82 Å². The third-order valence-corrected chi connectivity index (χ3v) is 2.42. The fraction of sp³-hybridized carbons (Fsp3) is 0.333. The Kier molecular flexibility index (Phi) is 4.79. The van der Waals surface area contributed by atoms with E-state index < -0.39 is 23.7 Å². The van der Waals surface area contributed by atoms with Crippen LogP contribution >= 0.6 is 0 Å². The van der Waals surface area contributed by atoms with E-state index in [2.05, 4.69) is 10.1 Å². The molecule has 0 aromatic heterocycles. The molecule has 0 aliphatic rings. The van der Waals surface area contributed by atoms with E-state index in [0.717, 1.165) is 12.1 Å². The highest BCUT2D eigenvalue weighted by atomic mass is 19.1. The van der Waals surface area contributed by atoms with Crippen LogP contribution in [0.15, 0.2) is 18.2 Å². The molecule has 6 heteroatoms. The zero-order chi connectivity index (χ0) is 13.7. The van der Waals surface area contributed by atoms with Crippen molar-refractivity contribution in [3.8, 4) is 0 Å². The number of rotatable bonds is 4. The molecule has 1 aromatic carbocycles. The summed E-state index contributed by atoms with van der Waals surface area (Å²) in [6.07, 6.45) is 0.439. The molecule has 5 nitrogen and oxygen atoms in total. The first-order chi connectivity index (χ1) is 8.49. The van der Waals surface area contributed by atoms with Crippen molar-refractivity contribution in [2.45, 2.75) is 19.4 Å². The average Bonchev–Trinajstić information content (AvgIpc) is 2.37. The second-order valence-electron chi connectivity index (χ2n) is 3.69. The van der Waals surface area contributed by atoms with Gasteiger partial charge in [-0.05, 0) is 24.6 Å². The van der Waals surface area contributed by atoms with Gasteiger partial charge in [0, 0.05) is 0 Å². The van der Waals surface area contributed by atoms with Gasteiger partial charge < -0.3 is 15.8 Å². The van der Waals surface area contributed by atoms with E-state index in [-0.39, 0.29) is 11.3 Å². The Morgan fingerprint density at radius 3 is 2.72 bits per heavy atom. The summed E-state index contributed by atoms with van der Waals surface area (Å²) in [6.45, 7) is 1.75. The molecule has 98 valence electrons. The lowest BCUT2D eigenvalue weighted by atomic mass is 10.1. The molecular weight excluding hydrogens is 239 g/mol. The van der Waals surface area contributed by atoms with Crippen LogP contribution in [0.5, 0.6) is 0 Å². The van der Waals surface area contributed by atoms with Crippen LogP contribution in [0.4, 0.5) is 10.1 Å². The fourth-order valence-corrected chi connectivity index (χ4v) is 1.32. The number of halogens is 1. The van der Waals surface area contributed by atoms with Crippen molar-refractivity contribution < 1.29 is 18.7 Å². The van der Waals surface area contributed by atoms with Crippen LogP contribution in [-0.4, -0.2) is 25.0 Å². The Labute approximate surface area is 104 Å². The normalized spacial score (nSPS) is 11.8. The molecule has 1 aromatic rings. The molecule has 1 atom stereocenters. The summed E-state index contributed by atoms with van der Waals surface area (Å²) < 4.78 is 17.7. The molecular formula is C12H15FN2O3. The first-order valence-electron chi connectivity index (χ1n) is 5.44. The smallest absolute Gasteiger partial charge is 0.339 e. The van der Waals surface area contributed by atoms with Crippen LogP contribution in [-0.2, 0) is 9.53 Å². The zero-order valence-corrected chi connectivity index (χ0v) is 10.2. The largest absolute Gasteiger partial charge is 0.465 e. The molecule has 1 unspecified atom stereocenters. The molecule has 0 aliphatic carbocycles. The van der Waals surface area contributed by atoms with Crippen molar-refractivity contribution in [1.82, 2.24) is 0 Å². The lowest BCUT2D eigenvalue weighted by Crippen LogP contribution is -2.35. The van der Waals surface area contributed by atoms with E-state index >= 15 is 0 Å². The minimum atomic E-state index is -0.709. The van der Waals surface area contributed by atoms with Crippen LogP contribution in [0.2, 0.25) is 0 Å². The van der Waals surface area contributed by atoms with Gasteiger partial charge in [-0.2, -0.15) is 0 Å². The summed E-state index contributed by atoms with van der Waals surface area (Å²) in [4.78, 5) is 23.0. The molecule has 0 saturated heterocycles. The number of amides is 1. The summed E-state index contributed by atoms with van der Waals surface area (Å²) >= 11 is 0. The van der Waals surface area contributed by atoms with Gasteiger partial charge in [-0.1, -0.05) is 6.92 Å². The van der Waals surface area contributed by atoms with E-state index in [1.165, 1.54) is 13.2 Å². The maximum Gasteiger partial charge on any atom is 0.339 e.